The molecule has 0 saturated carbocycles. The second-order valence-electron chi connectivity index (χ2n) is 5.89. The molecule has 1 fully saturated rings. The summed E-state index contributed by atoms with van der Waals surface area (Å²) < 4.78 is 0. The van der Waals surface area contributed by atoms with Gasteiger partial charge in [0.1, 0.15) is 17.8 Å². The highest BCUT2D eigenvalue weighted by Gasteiger charge is 2.18. The number of rotatable bonds is 3. The zero-order valence-corrected chi connectivity index (χ0v) is 13.8. The summed E-state index contributed by atoms with van der Waals surface area (Å²) in [6.45, 7) is 4.20. The van der Waals surface area contributed by atoms with Gasteiger partial charge in [0, 0.05) is 29.9 Å². The third kappa shape index (κ3) is 3.99. The molecule has 23 heavy (non-hydrogen) atoms. The van der Waals surface area contributed by atoms with Gasteiger partial charge in [0.2, 0.25) is 0 Å². The normalized spacial score (nSPS) is 15.5. The summed E-state index contributed by atoms with van der Waals surface area (Å²) in [5.74, 6) is 1.32. The van der Waals surface area contributed by atoms with Crippen LogP contribution >= 0.6 is 11.6 Å². The first-order valence-electron chi connectivity index (χ1n) is 7.76. The molecule has 1 aromatic heterocycles. The molecular formula is C17H19ClN4O. The SMILES string of the molecule is CC1CCN(c2cc(C(=O)Nc3ccc(Cl)cc3)ncn2)CC1. The molecule has 0 atom stereocenters. The van der Waals surface area contributed by atoms with Gasteiger partial charge in [-0.25, -0.2) is 9.97 Å². The molecule has 1 N–H and O–H groups in total. The Morgan fingerprint density at radius 3 is 2.61 bits per heavy atom. The fourth-order valence-corrected chi connectivity index (χ4v) is 2.74. The number of hydrogen-bond donors (Lipinski definition) is 1. The van der Waals surface area contributed by atoms with Crippen molar-refractivity contribution in [3.63, 3.8) is 0 Å². The Hall–Kier alpha value is -2.14. The average Bonchev–Trinajstić information content (AvgIpc) is 2.58. The van der Waals surface area contributed by atoms with Crippen molar-refractivity contribution >= 4 is 29.0 Å². The highest BCUT2D eigenvalue weighted by atomic mass is 35.5. The molecule has 1 aliphatic heterocycles. The van der Waals surface area contributed by atoms with Gasteiger partial charge >= 0.3 is 0 Å². The topological polar surface area (TPSA) is 58.1 Å². The quantitative estimate of drug-likeness (QED) is 0.933. The maximum Gasteiger partial charge on any atom is 0.274 e. The summed E-state index contributed by atoms with van der Waals surface area (Å²) in [7, 11) is 0. The van der Waals surface area contributed by atoms with E-state index in [-0.39, 0.29) is 5.91 Å². The number of amides is 1. The van der Waals surface area contributed by atoms with Crippen LogP contribution in [-0.2, 0) is 0 Å². The van der Waals surface area contributed by atoms with Crippen molar-refractivity contribution in [2.45, 2.75) is 19.8 Å². The fourth-order valence-electron chi connectivity index (χ4n) is 2.61. The van der Waals surface area contributed by atoms with Crippen LogP contribution in [0.5, 0.6) is 0 Å². The van der Waals surface area contributed by atoms with Crippen LogP contribution in [-0.4, -0.2) is 29.0 Å². The van der Waals surface area contributed by atoms with Crippen LogP contribution in [0, 0.1) is 5.92 Å². The summed E-state index contributed by atoms with van der Waals surface area (Å²) in [5.41, 5.74) is 1.05. The van der Waals surface area contributed by atoms with Gasteiger partial charge in [0.05, 0.1) is 0 Å². The van der Waals surface area contributed by atoms with E-state index in [1.165, 1.54) is 6.33 Å². The second kappa shape index (κ2) is 6.96. The van der Waals surface area contributed by atoms with Gasteiger partial charge in [-0.2, -0.15) is 0 Å². The van der Waals surface area contributed by atoms with Gasteiger partial charge < -0.3 is 10.2 Å². The summed E-state index contributed by atoms with van der Waals surface area (Å²) >= 11 is 5.84. The van der Waals surface area contributed by atoms with E-state index < -0.39 is 0 Å². The van der Waals surface area contributed by atoms with Crippen LogP contribution in [0.4, 0.5) is 11.5 Å². The molecule has 0 bridgehead atoms. The molecule has 1 saturated heterocycles. The van der Waals surface area contributed by atoms with E-state index in [1.54, 1.807) is 30.3 Å². The summed E-state index contributed by atoms with van der Waals surface area (Å²) in [5, 5.41) is 3.45. The zero-order valence-electron chi connectivity index (χ0n) is 13.0. The highest BCUT2D eigenvalue weighted by molar-refractivity contribution is 6.30. The number of carbonyl (C=O) groups is 1. The number of halogens is 1. The minimum absolute atomic E-state index is 0.249. The molecule has 120 valence electrons. The van der Waals surface area contributed by atoms with Gasteiger partial charge in [0.25, 0.3) is 5.91 Å². The predicted octanol–water partition coefficient (Wildman–Crippen LogP) is 3.62. The van der Waals surface area contributed by atoms with Gasteiger partial charge in [-0.05, 0) is 43.0 Å². The van der Waals surface area contributed by atoms with E-state index in [0.717, 1.165) is 37.7 Å². The first-order chi connectivity index (χ1) is 11.1. The predicted molar refractivity (Wildman–Crippen MR) is 92.0 cm³/mol. The van der Waals surface area contributed by atoms with E-state index in [1.807, 2.05) is 0 Å². The lowest BCUT2D eigenvalue weighted by atomic mass is 9.99. The van der Waals surface area contributed by atoms with Crippen molar-refractivity contribution in [1.29, 1.82) is 0 Å². The summed E-state index contributed by atoms with van der Waals surface area (Å²) in [6, 6.07) is 8.74. The van der Waals surface area contributed by atoms with Gasteiger partial charge in [-0.15, -0.1) is 0 Å². The first kappa shape index (κ1) is 15.7. The van der Waals surface area contributed by atoms with E-state index in [4.69, 9.17) is 11.6 Å². The Labute approximate surface area is 140 Å². The molecule has 1 aromatic carbocycles. The third-order valence-corrected chi connectivity index (χ3v) is 4.35. The molecule has 0 spiro atoms. The average molecular weight is 331 g/mol. The maximum atomic E-state index is 12.3. The number of anilines is 2. The third-order valence-electron chi connectivity index (χ3n) is 4.10. The van der Waals surface area contributed by atoms with Crippen LogP contribution in [0.15, 0.2) is 36.7 Å². The minimum atomic E-state index is -0.249. The summed E-state index contributed by atoms with van der Waals surface area (Å²) in [6.07, 6.45) is 3.75. The number of benzene rings is 1. The number of carbonyl (C=O) groups excluding carboxylic acids is 1. The highest BCUT2D eigenvalue weighted by Crippen LogP contribution is 2.21. The van der Waals surface area contributed by atoms with Crippen LogP contribution < -0.4 is 10.2 Å². The number of nitrogens with one attached hydrogen (secondary N) is 1. The zero-order chi connectivity index (χ0) is 16.2. The molecule has 2 aromatic rings. The van der Waals surface area contributed by atoms with Crippen molar-refractivity contribution in [3.8, 4) is 0 Å². The molecule has 1 aliphatic rings. The van der Waals surface area contributed by atoms with E-state index in [0.29, 0.717) is 16.4 Å². The molecule has 5 nitrogen and oxygen atoms in total. The lowest BCUT2D eigenvalue weighted by molar-refractivity contribution is 0.102. The van der Waals surface area contributed by atoms with Crippen LogP contribution in [0.1, 0.15) is 30.3 Å². The van der Waals surface area contributed by atoms with Gasteiger partial charge in [0.15, 0.2) is 0 Å². The Morgan fingerprint density at radius 1 is 1.22 bits per heavy atom. The second-order valence-corrected chi connectivity index (χ2v) is 6.33. The smallest absolute Gasteiger partial charge is 0.274 e. The lowest BCUT2D eigenvalue weighted by Gasteiger charge is -2.31. The van der Waals surface area contributed by atoms with E-state index in [9.17, 15) is 4.79 Å². The van der Waals surface area contributed by atoms with Crippen molar-refractivity contribution in [2.24, 2.45) is 5.92 Å². The molecule has 0 aliphatic carbocycles. The lowest BCUT2D eigenvalue weighted by Crippen LogP contribution is -2.33. The van der Waals surface area contributed by atoms with E-state index >= 15 is 0 Å². The minimum Gasteiger partial charge on any atom is -0.356 e. The Morgan fingerprint density at radius 2 is 1.91 bits per heavy atom. The molecular weight excluding hydrogens is 312 g/mol. The van der Waals surface area contributed by atoms with Crippen LogP contribution in [0.2, 0.25) is 5.02 Å². The molecule has 2 heterocycles. The summed E-state index contributed by atoms with van der Waals surface area (Å²) in [4.78, 5) is 22.9. The monoisotopic (exact) mass is 330 g/mol. The number of nitrogens with zero attached hydrogens (tertiary/aromatic N) is 3. The van der Waals surface area contributed by atoms with Crippen molar-refractivity contribution in [2.75, 3.05) is 23.3 Å². The van der Waals surface area contributed by atoms with Gasteiger partial charge in [-0.1, -0.05) is 18.5 Å². The molecule has 0 radical (unpaired) electrons. The standard InChI is InChI=1S/C17H19ClN4O/c1-12-6-8-22(9-7-12)16-10-15(19-11-20-16)17(23)21-14-4-2-13(18)3-5-14/h2-5,10-12H,6-9H2,1H3,(H,21,23). The first-order valence-corrected chi connectivity index (χ1v) is 8.13. The van der Waals surface area contributed by atoms with Crippen molar-refractivity contribution in [1.82, 2.24) is 9.97 Å². The maximum absolute atomic E-state index is 12.3. The molecule has 1 amide bonds. The fraction of sp³-hybridized carbons (Fsp3) is 0.353. The van der Waals surface area contributed by atoms with Gasteiger partial charge in [-0.3, -0.25) is 4.79 Å². The largest absolute Gasteiger partial charge is 0.356 e. The number of hydrogen-bond acceptors (Lipinski definition) is 4. The molecule has 3 rings (SSSR count). The molecule has 0 unspecified atom stereocenters. The molecule has 6 heteroatoms. The Bertz CT molecular complexity index is 681. The van der Waals surface area contributed by atoms with Crippen molar-refractivity contribution in [3.05, 3.63) is 47.4 Å². The number of aromatic nitrogens is 2. The van der Waals surface area contributed by atoms with Crippen LogP contribution in [0.25, 0.3) is 0 Å². The van der Waals surface area contributed by atoms with Crippen molar-refractivity contribution < 1.29 is 4.79 Å². The Balaban J connectivity index is 1.71. The van der Waals surface area contributed by atoms with E-state index in [2.05, 4.69) is 27.1 Å². The number of piperidine rings is 1. The van der Waals surface area contributed by atoms with Crippen LogP contribution in [0.3, 0.4) is 0 Å². The Kier molecular flexibility index (Phi) is 4.76.